The van der Waals surface area contributed by atoms with Gasteiger partial charge in [0.05, 0.1) is 0 Å². The molecule has 0 heterocycles. The molecule has 0 bridgehead atoms. The fraction of sp³-hybridized carbons (Fsp3) is 0.571. The zero-order valence-corrected chi connectivity index (χ0v) is 11.1. The second-order valence-electron chi connectivity index (χ2n) is 4.40. The Morgan fingerprint density at radius 3 is 2.47 bits per heavy atom. The van der Waals surface area contributed by atoms with Crippen molar-refractivity contribution in [2.45, 2.75) is 38.6 Å². The van der Waals surface area contributed by atoms with Crippen LogP contribution in [0.4, 0.5) is 0 Å². The van der Waals surface area contributed by atoms with E-state index in [0.29, 0.717) is 0 Å². The molecule has 3 nitrogen and oxygen atoms in total. The summed E-state index contributed by atoms with van der Waals surface area (Å²) in [7, 11) is 3.05. The summed E-state index contributed by atoms with van der Waals surface area (Å²) in [6.45, 7) is 3.84. The topological polar surface area (TPSA) is 38.7 Å². The van der Waals surface area contributed by atoms with Crippen LogP contribution in [0.5, 0.6) is 0 Å². The molecule has 0 spiro atoms. The van der Waals surface area contributed by atoms with E-state index in [0.717, 1.165) is 18.4 Å². The molecular formula is C14H22O3. The predicted molar refractivity (Wildman–Crippen MR) is 67.8 cm³/mol. The van der Waals surface area contributed by atoms with Gasteiger partial charge in [-0.1, -0.05) is 37.6 Å². The highest BCUT2D eigenvalue weighted by Crippen LogP contribution is 2.27. The summed E-state index contributed by atoms with van der Waals surface area (Å²) in [5.74, 6) is 0. The summed E-state index contributed by atoms with van der Waals surface area (Å²) in [6.07, 6.45) is 1.43. The molecule has 1 aromatic carbocycles. The Balaban J connectivity index is 3.00. The van der Waals surface area contributed by atoms with Gasteiger partial charge in [-0.2, -0.15) is 0 Å². The molecule has 0 fully saturated rings. The molecule has 0 amide bonds. The van der Waals surface area contributed by atoms with Crippen LogP contribution in [0.1, 0.15) is 31.4 Å². The Morgan fingerprint density at radius 2 is 1.94 bits per heavy atom. The van der Waals surface area contributed by atoms with Crippen molar-refractivity contribution in [2.75, 3.05) is 14.2 Å². The third-order valence-electron chi connectivity index (χ3n) is 2.94. The number of ether oxygens (including phenoxy) is 2. The van der Waals surface area contributed by atoms with Gasteiger partial charge < -0.3 is 14.6 Å². The summed E-state index contributed by atoms with van der Waals surface area (Å²) < 4.78 is 10.3. The van der Waals surface area contributed by atoms with Crippen molar-refractivity contribution < 1.29 is 14.6 Å². The summed E-state index contributed by atoms with van der Waals surface area (Å²) in [4.78, 5) is 0. The summed E-state index contributed by atoms with van der Waals surface area (Å²) in [5, 5.41) is 10.5. The third-order valence-corrected chi connectivity index (χ3v) is 2.94. The van der Waals surface area contributed by atoms with E-state index < -0.39 is 11.9 Å². The molecule has 1 atom stereocenters. The van der Waals surface area contributed by atoms with E-state index in [1.54, 1.807) is 6.92 Å². The number of methoxy groups -OCH3 is 2. The van der Waals surface area contributed by atoms with Crippen LogP contribution >= 0.6 is 0 Å². The first-order chi connectivity index (χ1) is 8.06. The maximum absolute atomic E-state index is 10.5. The van der Waals surface area contributed by atoms with Crippen molar-refractivity contribution in [2.24, 2.45) is 0 Å². The minimum atomic E-state index is -1.15. The Labute approximate surface area is 103 Å². The first kappa shape index (κ1) is 14.2. The van der Waals surface area contributed by atoms with Gasteiger partial charge >= 0.3 is 0 Å². The molecular weight excluding hydrogens is 216 g/mol. The monoisotopic (exact) mass is 238 g/mol. The highest BCUT2D eigenvalue weighted by atomic mass is 16.7. The van der Waals surface area contributed by atoms with E-state index in [2.05, 4.69) is 13.0 Å². The molecule has 96 valence electrons. The predicted octanol–water partition coefficient (Wildman–Crippen LogP) is 2.47. The van der Waals surface area contributed by atoms with Crippen molar-refractivity contribution in [3.8, 4) is 0 Å². The van der Waals surface area contributed by atoms with Crippen LogP contribution in [0.2, 0.25) is 0 Å². The van der Waals surface area contributed by atoms with Crippen molar-refractivity contribution in [1.82, 2.24) is 0 Å². The van der Waals surface area contributed by atoms with E-state index in [4.69, 9.17) is 9.47 Å². The van der Waals surface area contributed by atoms with Gasteiger partial charge in [0.1, 0.15) is 5.60 Å². The van der Waals surface area contributed by atoms with E-state index in [1.807, 2.05) is 18.2 Å². The maximum atomic E-state index is 10.5. The Morgan fingerprint density at radius 1 is 1.29 bits per heavy atom. The lowest BCUT2D eigenvalue weighted by molar-refractivity contribution is -0.213. The SMILES string of the molecule is CCCc1cccc(C(C)(O)C(OC)OC)c1. The number of aliphatic hydroxyl groups is 1. The lowest BCUT2D eigenvalue weighted by Crippen LogP contribution is -2.39. The van der Waals surface area contributed by atoms with Crippen molar-refractivity contribution >= 4 is 0 Å². The minimum absolute atomic E-state index is 0.667. The first-order valence-corrected chi connectivity index (χ1v) is 5.93. The van der Waals surface area contributed by atoms with Gasteiger partial charge in [0.25, 0.3) is 0 Å². The molecule has 1 rings (SSSR count). The quantitative estimate of drug-likeness (QED) is 0.774. The summed E-state index contributed by atoms with van der Waals surface area (Å²) in [6, 6.07) is 7.92. The lowest BCUT2D eigenvalue weighted by atomic mass is 9.93. The number of rotatable bonds is 6. The van der Waals surface area contributed by atoms with Crippen LogP contribution in [-0.4, -0.2) is 25.6 Å². The van der Waals surface area contributed by atoms with Crippen LogP contribution in [0, 0.1) is 0 Å². The molecule has 0 radical (unpaired) electrons. The largest absolute Gasteiger partial charge is 0.380 e. The zero-order chi connectivity index (χ0) is 12.9. The van der Waals surface area contributed by atoms with Gasteiger partial charge in [-0.05, 0) is 24.5 Å². The van der Waals surface area contributed by atoms with Crippen LogP contribution in [0.25, 0.3) is 0 Å². The van der Waals surface area contributed by atoms with Crippen LogP contribution < -0.4 is 0 Å². The molecule has 0 aromatic heterocycles. The molecule has 0 aliphatic heterocycles. The van der Waals surface area contributed by atoms with E-state index >= 15 is 0 Å². The number of aryl methyl sites for hydroxylation is 1. The zero-order valence-electron chi connectivity index (χ0n) is 11.1. The van der Waals surface area contributed by atoms with E-state index in [-0.39, 0.29) is 0 Å². The van der Waals surface area contributed by atoms with Crippen LogP contribution in [-0.2, 0) is 21.5 Å². The van der Waals surface area contributed by atoms with Crippen LogP contribution in [0.3, 0.4) is 0 Å². The number of hydrogen-bond donors (Lipinski definition) is 1. The molecule has 17 heavy (non-hydrogen) atoms. The van der Waals surface area contributed by atoms with Gasteiger partial charge in [-0.25, -0.2) is 0 Å². The second kappa shape index (κ2) is 6.15. The van der Waals surface area contributed by atoms with Crippen LogP contribution in [0.15, 0.2) is 24.3 Å². The molecule has 0 aliphatic rings. The third kappa shape index (κ3) is 3.28. The summed E-state index contributed by atoms with van der Waals surface area (Å²) >= 11 is 0. The van der Waals surface area contributed by atoms with Crippen molar-refractivity contribution in [1.29, 1.82) is 0 Å². The normalized spacial score (nSPS) is 14.9. The van der Waals surface area contributed by atoms with E-state index in [1.165, 1.54) is 19.8 Å². The average Bonchev–Trinajstić information content (AvgIpc) is 2.31. The average molecular weight is 238 g/mol. The fourth-order valence-electron chi connectivity index (χ4n) is 2.02. The van der Waals surface area contributed by atoms with Crippen molar-refractivity contribution in [3.63, 3.8) is 0 Å². The second-order valence-corrected chi connectivity index (χ2v) is 4.40. The Hall–Kier alpha value is -0.900. The van der Waals surface area contributed by atoms with Gasteiger partial charge in [0.2, 0.25) is 0 Å². The molecule has 1 N–H and O–H groups in total. The Bertz CT molecular complexity index is 343. The molecule has 1 aromatic rings. The molecule has 0 saturated carbocycles. The van der Waals surface area contributed by atoms with Crippen molar-refractivity contribution in [3.05, 3.63) is 35.4 Å². The van der Waals surface area contributed by atoms with Gasteiger partial charge in [-0.3, -0.25) is 0 Å². The highest BCUT2D eigenvalue weighted by Gasteiger charge is 2.34. The fourth-order valence-corrected chi connectivity index (χ4v) is 2.02. The molecule has 0 saturated heterocycles. The smallest absolute Gasteiger partial charge is 0.189 e. The molecule has 3 heteroatoms. The Kier molecular flexibility index (Phi) is 5.12. The standard InChI is InChI=1S/C14H22O3/c1-5-7-11-8-6-9-12(10-11)14(2,15)13(16-3)17-4/h6,8-10,13,15H,5,7H2,1-4H3. The molecule has 1 unspecified atom stereocenters. The van der Waals surface area contributed by atoms with Gasteiger partial charge in [0.15, 0.2) is 6.29 Å². The van der Waals surface area contributed by atoms with E-state index in [9.17, 15) is 5.11 Å². The maximum Gasteiger partial charge on any atom is 0.189 e. The lowest BCUT2D eigenvalue weighted by Gasteiger charge is -2.31. The number of hydrogen-bond acceptors (Lipinski definition) is 3. The minimum Gasteiger partial charge on any atom is -0.380 e. The summed E-state index contributed by atoms with van der Waals surface area (Å²) in [5.41, 5.74) is 0.890. The molecule has 0 aliphatic carbocycles. The first-order valence-electron chi connectivity index (χ1n) is 5.93. The van der Waals surface area contributed by atoms with Gasteiger partial charge in [0, 0.05) is 14.2 Å². The number of benzene rings is 1. The highest BCUT2D eigenvalue weighted by molar-refractivity contribution is 5.28. The van der Waals surface area contributed by atoms with Gasteiger partial charge in [-0.15, -0.1) is 0 Å².